The number of aliphatic carboxylic acids is 1. The van der Waals surface area contributed by atoms with Gasteiger partial charge in [-0.2, -0.15) is 0 Å². The zero-order valence-corrected chi connectivity index (χ0v) is 14.6. The Hall–Kier alpha value is -0.610. The number of carbonyl (C=O) groups is 1. The fraction of sp³-hybridized carbons (Fsp3) is 0.941. The maximum atomic E-state index is 11.2. The summed E-state index contributed by atoms with van der Waals surface area (Å²) in [6.07, 6.45) is 6.03. The molecule has 4 heteroatoms. The minimum absolute atomic E-state index is 0.179. The van der Waals surface area contributed by atoms with Crippen molar-refractivity contribution in [2.75, 3.05) is 33.7 Å². The molecule has 1 N–H and O–H groups in total. The molecule has 21 heavy (non-hydrogen) atoms. The Morgan fingerprint density at radius 1 is 1.10 bits per heavy atom. The van der Waals surface area contributed by atoms with Gasteiger partial charge in [0.25, 0.3) is 0 Å². The molecule has 1 saturated carbocycles. The van der Waals surface area contributed by atoms with Crippen LogP contribution in [0.1, 0.15) is 52.9 Å². The van der Waals surface area contributed by atoms with Crippen LogP contribution in [0.3, 0.4) is 0 Å². The van der Waals surface area contributed by atoms with Gasteiger partial charge in [-0.05, 0) is 51.1 Å². The zero-order valence-electron chi connectivity index (χ0n) is 14.6. The SMILES string of the molecule is CN(C)CCN(CC(=O)O)C1CCCC(C(C)(C)C)CC1. The molecule has 1 rings (SSSR count). The summed E-state index contributed by atoms with van der Waals surface area (Å²) in [4.78, 5) is 15.5. The molecule has 0 aromatic heterocycles. The quantitative estimate of drug-likeness (QED) is 0.766. The second-order valence-electron chi connectivity index (χ2n) is 7.89. The smallest absolute Gasteiger partial charge is 0.317 e. The largest absolute Gasteiger partial charge is 0.480 e. The van der Waals surface area contributed by atoms with E-state index in [0.717, 1.165) is 31.8 Å². The summed E-state index contributed by atoms with van der Waals surface area (Å²) in [5.41, 5.74) is 0.371. The topological polar surface area (TPSA) is 43.8 Å². The predicted molar refractivity (Wildman–Crippen MR) is 87.6 cm³/mol. The molecule has 1 aliphatic carbocycles. The van der Waals surface area contributed by atoms with Crippen molar-refractivity contribution in [2.45, 2.75) is 58.9 Å². The Kier molecular flexibility index (Phi) is 7.14. The van der Waals surface area contributed by atoms with Gasteiger partial charge in [-0.15, -0.1) is 0 Å². The van der Waals surface area contributed by atoms with Crippen molar-refractivity contribution < 1.29 is 9.90 Å². The molecular formula is C17H34N2O2. The van der Waals surface area contributed by atoms with Crippen LogP contribution in [0, 0.1) is 11.3 Å². The summed E-state index contributed by atoms with van der Waals surface area (Å²) in [5, 5.41) is 9.18. The minimum Gasteiger partial charge on any atom is -0.480 e. The first kappa shape index (κ1) is 18.4. The van der Waals surface area contributed by atoms with Gasteiger partial charge in [0.05, 0.1) is 6.54 Å². The maximum Gasteiger partial charge on any atom is 0.317 e. The minimum atomic E-state index is -0.703. The second kappa shape index (κ2) is 8.14. The Labute approximate surface area is 130 Å². The highest BCUT2D eigenvalue weighted by Crippen LogP contribution is 2.37. The maximum absolute atomic E-state index is 11.2. The third kappa shape index (κ3) is 6.79. The van der Waals surface area contributed by atoms with Crippen LogP contribution in [0.15, 0.2) is 0 Å². The highest BCUT2D eigenvalue weighted by Gasteiger charge is 2.30. The van der Waals surface area contributed by atoms with E-state index >= 15 is 0 Å². The highest BCUT2D eigenvalue weighted by molar-refractivity contribution is 5.69. The predicted octanol–water partition coefficient (Wildman–Crippen LogP) is 2.93. The molecule has 1 fully saturated rings. The Balaban J connectivity index is 2.63. The average molecular weight is 298 g/mol. The number of hydrogen-bond donors (Lipinski definition) is 1. The van der Waals surface area contributed by atoms with Gasteiger partial charge < -0.3 is 10.0 Å². The molecule has 2 unspecified atom stereocenters. The highest BCUT2D eigenvalue weighted by atomic mass is 16.4. The van der Waals surface area contributed by atoms with E-state index in [-0.39, 0.29) is 6.54 Å². The summed E-state index contributed by atoms with van der Waals surface area (Å²) in [5.74, 6) is 0.0633. The standard InChI is InChI=1S/C17H34N2O2/c1-17(2,3)14-7-6-8-15(10-9-14)19(13-16(20)21)12-11-18(4)5/h14-15H,6-13H2,1-5H3,(H,20,21). The fourth-order valence-electron chi connectivity index (χ4n) is 3.41. The molecule has 124 valence electrons. The Morgan fingerprint density at radius 3 is 2.29 bits per heavy atom. The molecular weight excluding hydrogens is 264 g/mol. The Morgan fingerprint density at radius 2 is 1.76 bits per heavy atom. The first-order chi connectivity index (χ1) is 9.70. The lowest BCUT2D eigenvalue weighted by molar-refractivity contribution is -0.139. The molecule has 0 spiro atoms. The molecule has 2 atom stereocenters. The fourth-order valence-corrected chi connectivity index (χ4v) is 3.41. The number of hydrogen-bond acceptors (Lipinski definition) is 3. The molecule has 0 amide bonds. The number of carboxylic acids is 1. The van der Waals surface area contributed by atoms with Gasteiger partial charge >= 0.3 is 5.97 Å². The monoisotopic (exact) mass is 298 g/mol. The lowest BCUT2D eigenvalue weighted by Gasteiger charge is -2.32. The third-order valence-corrected chi connectivity index (χ3v) is 4.85. The van der Waals surface area contributed by atoms with E-state index in [2.05, 4.69) is 30.6 Å². The number of nitrogens with zero attached hydrogens (tertiary/aromatic N) is 2. The molecule has 0 aliphatic heterocycles. The van der Waals surface area contributed by atoms with Gasteiger partial charge in [0, 0.05) is 19.1 Å². The molecule has 0 aromatic rings. The summed E-state index contributed by atoms with van der Waals surface area (Å²) >= 11 is 0. The van der Waals surface area contributed by atoms with E-state index in [1.54, 1.807) is 0 Å². The molecule has 0 saturated heterocycles. The van der Waals surface area contributed by atoms with Crippen LogP contribution in [-0.4, -0.2) is 60.6 Å². The van der Waals surface area contributed by atoms with Gasteiger partial charge in [0.2, 0.25) is 0 Å². The summed E-state index contributed by atoms with van der Waals surface area (Å²) < 4.78 is 0. The van der Waals surface area contributed by atoms with Crippen molar-refractivity contribution >= 4 is 5.97 Å². The summed E-state index contributed by atoms with van der Waals surface area (Å²) in [6.45, 7) is 8.95. The molecule has 1 aliphatic rings. The normalized spacial score (nSPS) is 24.3. The summed E-state index contributed by atoms with van der Waals surface area (Å²) in [7, 11) is 4.09. The van der Waals surface area contributed by atoms with E-state index in [1.807, 2.05) is 14.1 Å². The van der Waals surface area contributed by atoms with Gasteiger partial charge in [-0.3, -0.25) is 9.69 Å². The van der Waals surface area contributed by atoms with Crippen LogP contribution in [0.5, 0.6) is 0 Å². The van der Waals surface area contributed by atoms with Gasteiger partial charge in [0.1, 0.15) is 0 Å². The second-order valence-corrected chi connectivity index (χ2v) is 7.89. The van der Waals surface area contributed by atoms with Gasteiger partial charge in [-0.25, -0.2) is 0 Å². The molecule has 0 heterocycles. The van der Waals surface area contributed by atoms with E-state index in [9.17, 15) is 9.90 Å². The van der Waals surface area contributed by atoms with Crippen LogP contribution in [0.2, 0.25) is 0 Å². The van der Waals surface area contributed by atoms with Gasteiger partial charge in [0.15, 0.2) is 0 Å². The molecule has 0 radical (unpaired) electrons. The Bertz CT molecular complexity index is 323. The van der Waals surface area contributed by atoms with Crippen molar-refractivity contribution in [3.05, 3.63) is 0 Å². The number of carboxylic acid groups (broad SMARTS) is 1. The van der Waals surface area contributed by atoms with Crippen molar-refractivity contribution in [3.8, 4) is 0 Å². The number of rotatable bonds is 6. The van der Waals surface area contributed by atoms with Crippen molar-refractivity contribution in [3.63, 3.8) is 0 Å². The lowest BCUT2D eigenvalue weighted by atomic mass is 9.76. The van der Waals surface area contributed by atoms with E-state index in [4.69, 9.17) is 0 Å². The lowest BCUT2D eigenvalue weighted by Crippen LogP contribution is -2.42. The molecule has 0 aromatic carbocycles. The van der Waals surface area contributed by atoms with E-state index < -0.39 is 5.97 Å². The van der Waals surface area contributed by atoms with Crippen LogP contribution in [-0.2, 0) is 4.79 Å². The van der Waals surface area contributed by atoms with E-state index in [0.29, 0.717) is 11.5 Å². The zero-order chi connectivity index (χ0) is 16.0. The van der Waals surface area contributed by atoms with Crippen LogP contribution < -0.4 is 0 Å². The van der Waals surface area contributed by atoms with Crippen LogP contribution >= 0.6 is 0 Å². The van der Waals surface area contributed by atoms with Crippen LogP contribution in [0.25, 0.3) is 0 Å². The third-order valence-electron chi connectivity index (χ3n) is 4.85. The average Bonchev–Trinajstić information content (AvgIpc) is 2.58. The van der Waals surface area contributed by atoms with Crippen molar-refractivity contribution in [2.24, 2.45) is 11.3 Å². The number of likely N-dealkylation sites (N-methyl/N-ethyl adjacent to an activating group) is 1. The van der Waals surface area contributed by atoms with Gasteiger partial charge in [-0.1, -0.05) is 27.2 Å². The first-order valence-electron chi connectivity index (χ1n) is 8.30. The van der Waals surface area contributed by atoms with Crippen LogP contribution in [0.4, 0.5) is 0 Å². The molecule has 0 bridgehead atoms. The van der Waals surface area contributed by atoms with E-state index in [1.165, 1.54) is 19.3 Å². The van der Waals surface area contributed by atoms with Crippen molar-refractivity contribution in [1.29, 1.82) is 0 Å². The molecule has 4 nitrogen and oxygen atoms in total. The first-order valence-corrected chi connectivity index (χ1v) is 8.30. The summed E-state index contributed by atoms with van der Waals surface area (Å²) in [6, 6.07) is 0.438. The van der Waals surface area contributed by atoms with Crippen molar-refractivity contribution in [1.82, 2.24) is 9.80 Å².